The van der Waals surface area contributed by atoms with Crippen molar-refractivity contribution in [1.29, 1.82) is 5.41 Å². The lowest BCUT2D eigenvalue weighted by atomic mass is 10.1. The third-order valence-electron chi connectivity index (χ3n) is 3.84. The fourth-order valence-corrected chi connectivity index (χ4v) is 3.42. The SMILES string of the molecule is COCCn1sc(Nc2c(OC)cccc2C(F)(F)F)c(C(=N)N(C)C)c1=O. The van der Waals surface area contributed by atoms with E-state index in [9.17, 15) is 18.0 Å². The monoisotopic (exact) mass is 418 g/mol. The Kier molecular flexibility index (Phi) is 6.73. The molecule has 0 unspecified atom stereocenters. The predicted octanol–water partition coefficient (Wildman–Crippen LogP) is 3.21. The fraction of sp³-hybridized carbons (Fsp3) is 0.412. The number of nitrogens with one attached hydrogen (secondary N) is 2. The average Bonchev–Trinajstić information content (AvgIpc) is 2.93. The first-order valence-electron chi connectivity index (χ1n) is 8.12. The summed E-state index contributed by atoms with van der Waals surface area (Å²) in [5.41, 5.74) is -1.75. The molecule has 11 heteroatoms. The van der Waals surface area contributed by atoms with Crippen LogP contribution < -0.4 is 15.6 Å². The van der Waals surface area contributed by atoms with Crippen molar-refractivity contribution in [3.8, 4) is 5.75 Å². The van der Waals surface area contributed by atoms with E-state index in [1.165, 1.54) is 35.2 Å². The average molecular weight is 418 g/mol. The van der Waals surface area contributed by atoms with Gasteiger partial charge in [-0.15, -0.1) is 0 Å². The van der Waals surface area contributed by atoms with E-state index in [1.54, 1.807) is 14.1 Å². The van der Waals surface area contributed by atoms with E-state index in [2.05, 4.69) is 5.32 Å². The zero-order chi connectivity index (χ0) is 21.1. The third-order valence-corrected chi connectivity index (χ3v) is 4.90. The van der Waals surface area contributed by atoms with Crippen molar-refractivity contribution in [2.75, 3.05) is 40.2 Å². The Labute approximate surface area is 163 Å². The molecule has 28 heavy (non-hydrogen) atoms. The van der Waals surface area contributed by atoms with Crippen molar-refractivity contribution in [3.63, 3.8) is 0 Å². The van der Waals surface area contributed by atoms with Crippen molar-refractivity contribution in [3.05, 3.63) is 39.7 Å². The van der Waals surface area contributed by atoms with Crippen LogP contribution in [0, 0.1) is 5.41 Å². The van der Waals surface area contributed by atoms with Gasteiger partial charge in [0.05, 0.1) is 31.5 Å². The molecular weight excluding hydrogens is 397 g/mol. The maximum atomic E-state index is 13.5. The number of methoxy groups -OCH3 is 2. The molecule has 0 saturated heterocycles. The Morgan fingerprint density at radius 2 is 2.00 bits per heavy atom. The lowest BCUT2D eigenvalue weighted by Gasteiger charge is -2.18. The van der Waals surface area contributed by atoms with Gasteiger partial charge in [-0.25, -0.2) is 0 Å². The first kappa shape index (κ1) is 21.8. The highest BCUT2D eigenvalue weighted by Gasteiger charge is 2.35. The van der Waals surface area contributed by atoms with Crippen molar-refractivity contribution >= 4 is 28.1 Å². The maximum Gasteiger partial charge on any atom is 0.418 e. The molecule has 2 N–H and O–H groups in total. The Hall–Kier alpha value is -2.53. The Morgan fingerprint density at radius 1 is 1.32 bits per heavy atom. The van der Waals surface area contributed by atoms with Crippen molar-refractivity contribution in [2.45, 2.75) is 12.7 Å². The van der Waals surface area contributed by atoms with Gasteiger partial charge in [0.1, 0.15) is 22.1 Å². The van der Waals surface area contributed by atoms with E-state index in [1.807, 2.05) is 0 Å². The molecule has 0 spiro atoms. The molecule has 0 aliphatic heterocycles. The number of nitrogens with zero attached hydrogens (tertiary/aromatic N) is 2. The van der Waals surface area contributed by atoms with Gasteiger partial charge in [-0.05, 0) is 23.7 Å². The second-order valence-electron chi connectivity index (χ2n) is 5.94. The summed E-state index contributed by atoms with van der Waals surface area (Å²) in [6.45, 7) is 0.463. The lowest BCUT2D eigenvalue weighted by Crippen LogP contribution is -2.29. The Morgan fingerprint density at radius 3 is 2.54 bits per heavy atom. The van der Waals surface area contributed by atoms with E-state index in [0.717, 1.165) is 17.6 Å². The van der Waals surface area contributed by atoms with Gasteiger partial charge in [-0.1, -0.05) is 6.07 Å². The minimum Gasteiger partial charge on any atom is -0.495 e. The number of amidine groups is 1. The van der Waals surface area contributed by atoms with E-state index in [-0.39, 0.29) is 41.0 Å². The molecular formula is C17H21F3N4O3S. The van der Waals surface area contributed by atoms with Gasteiger partial charge in [0.15, 0.2) is 0 Å². The summed E-state index contributed by atoms with van der Waals surface area (Å²) < 4.78 is 51.8. The van der Waals surface area contributed by atoms with Gasteiger partial charge < -0.3 is 19.7 Å². The summed E-state index contributed by atoms with van der Waals surface area (Å²) in [4.78, 5) is 14.1. The molecule has 0 fully saturated rings. The van der Waals surface area contributed by atoms with Crippen LogP contribution in [0.2, 0.25) is 0 Å². The molecule has 2 rings (SSSR count). The van der Waals surface area contributed by atoms with Crippen molar-refractivity contribution in [2.24, 2.45) is 0 Å². The summed E-state index contributed by atoms with van der Waals surface area (Å²) in [5.74, 6) is -0.148. The third kappa shape index (κ3) is 4.47. The number of hydrogen-bond donors (Lipinski definition) is 2. The largest absolute Gasteiger partial charge is 0.495 e. The van der Waals surface area contributed by atoms with Gasteiger partial charge in [0, 0.05) is 21.2 Å². The molecule has 154 valence electrons. The van der Waals surface area contributed by atoms with Crippen LogP contribution >= 0.6 is 11.5 Å². The maximum absolute atomic E-state index is 13.5. The topological polar surface area (TPSA) is 79.6 Å². The van der Waals surface area contributed by atoms with Crippen LogP contribution in [0.15, 0.2) is 23.0 Å². The molecule has 0 bridgehead atoms. The van der Waals surface area contributed by atoms with Crippen LogP contribution in [0.25, 0.3) is 0 Å². The molecule has 0 saturated carbocycles. The van der Waals surface area contributed by atoms with Crippen LogP contribution in [-0.2, 0) is 17.5 Å². The molecule has 1 heterocycles. The predicted molar refractivity (Wildman–Crippen MR) is 102 cm³/mol. The summed E-state index contributed by atoms with van der Waals surface area (Å²) in [6, 6.07) is 3.55. The molecule has 0 aliphatic rings. The lowest BCUT2D eigenvalue weighted by molar-refractivity contribution is -0.137. The summed E-state index contributed by atoms with van der Waals surface area (Å²) in [5, 5.41) is 11.0. The Balaban J connectivity index is 2.63. The summed E-state index contributed by atoms with van der Waals surface area (Å²) in [6.07, 6.45) is -4.63. The summed E-state index contributed by atoms with van der Waals surface area (Å²) >= 11 is 0.928. The standard InChI is InChI=1S/C17H21F3N4O3S/c1-23(2)14(21)12-15(28-24(16(12)25)8-9-26-3)22-13-10(17(18,19)20)6-5-7-11(13)27-4/h5-7,21-22H,8-9H2,1-4H3. The number of ether oxygens (including phenoxy) is 2. The highest BCUT2D eigenvalue weighted by Crippen LogP contribution is 2.42. The number of alkyl halides is 3. The van der Waals surface area contributed by atoms with Crippen LogP contribution in [0.5, 0.6) is 5.75 Å². The second kappa shape index (κ2) is 8.65. The zero-order valence-electron chi connectivity index (χ0n) is 15.8. The van der Waals surface area contributed by atoms with Crippen LogP contribution in [0.1, 0.15) is 11.1 Å². The normalized spacial score (nSPS) is 11.4. The number of hydrogen-bond acceptors (Lipinski definition) is 6. The molecule has 1 aromatic heterocycles. The zero-order valence-corrected chi connectivity index (χ0v) is 16.6. The molecule has 0 atom stereocenters. The fourth-order valence-electron chi connectivity index (χ4n) is 2.44. The quantitative estimate of drug-likeness (QED) is 0.533. The Bertz CT molecular complexity index is 906. The van der Waals surface area contributed by atoms with Crippen molar-refractivity contribution in [1.82, 2.24) is 8.86 Å². The molecule has 7 nitrogen and oxygen atoms in total. The van der Waals surface area contributed by atoms with Crippen molar-refractivity contribution < 1.29 is 22.6 Å². The van der Waals surface area contributed by atoms with Gasteiger partial charge >= 0.3 is 6.18 Å². The van der Waals surface area contributed by atoms with Crippen LogP contribution in [0.4, 0.5) is 23.9 Å². The van der Waals surface area contributed by atoms with Gasteiger partial charge in [-0.3, -0.25) is 14.2 Å². The first-order chi connectivity index (χ1) is 13.1. The molecule has 1 aromatic carbocycles. The number of rotatable bonds is 7. The van der Waals surface area contributed by atoms with Crippen LogP contribution in [-0.4, -0.2) is 49.6 Å². The molecule has 0 amide bonds. The highest BCUT2D eigenvalue weighted by atomic mass is 32.1. The molecule has 2 aromatic rings. The van der Waals surface area contributed by atoms with E-state index >= 15 is 0 Å². The number of aromatic nitrogens is 1. The van der Waals surface area contributed by atoms with Gasteiger partial charge in [-0.2, -0.15) is 13.2 Å². The van der Waals surface area contributed by atoms with E-state index in [4.69, 9.17) is 14.9 Å². The van der Waals surface area contributed by atoms with E-state index in [0.29, 0.717) is 0 Å². The number of halogens is 3. The number of para-hydroxylation sites is 1. The first-order valence-corrected chi connectivity index (χ1v) is 8.89. The summed E-state index contributed by atoms with van der Waals surface area (Å²) in [7, 11) is 5.89. The molecule has 0 radical (unpaired) electrons. The van der Waals surface area contributed by atoms with E-state index < -0.39 is 17.3 Å². The second-order valence-corrected chi connectivity index (χ2v) is 6.98. The van der Waals surface area contributed by atoms with Gasteiger partial charge in [0.25, 0.3) is 5.56 Å². The number of benzene rings is 1. The smallest absolute Gasteiger partial charge is 0.418 e. The minimum atomic E-state index is -4.63. The van der Waals surface area contributed by atoms with Gasteiger partial charge in [0.2, 0.25) is 0 Å². The minimum absolute atomic E-state index is 0.0230. The van der Waals surface area contributed by atoms with Crippen LogP contribution in [0.3, 0.4) is 0 Å². The highest BCUT2D eigenvalue weighted by molar-refractivity contribution is 7.11. The molecule has 0 aliphatic carbocycles. The number of anilines is 2.